The van der Waals surface area contributed by atoms with Gasteiger partial charge in [0, 0.05) is 15.9 Å². The smallest absolute Gasteiger partial charge is 0.138 e. The predicted molar refractivity (Wildman–Crippen MR) is 72.6 cm³/mol. The van der Waals surface area contributed by atoms with Crippen molar-refractivity contribution in [1.29, 1.82) is 0 Å². The van der Waals surface area contributed by atoms with Crippen LogP contribution in [0.3, 0.4) is 0 Å². The second-order valence-corrected chi connectivity index (χ2v) is 4.64. The average molecular weight is 331 g/mol. The van der Waals surface area contributed by atoms with E-state index in [9.17, 15) is 4.39 Å². The van der Waals surface area contributed by atoms with E-state index in [1.807, 2.05) is 6.07 Å². The van der Waals surface area contributed by atoms with E-state index in [2.05, 4.69) is 20.9 Å². The van der Waals surface area contributed by atoms with Crippen molar-refractivity contribution in [2.45, 2.75) is 11.9 Å². The zero-order chi connectivity index (χ0) is 13.0. The first kappa shape index (κ1) is 13.3. The van der Waals surface area contributed by atoms with E-state index < -0.39 is 0 Å². The van der Waals surface area contributed by atoms with E-state index in [0.717, 1.165) is 5.69 Å². The Morgan fingerprint density at radius 2 is 2.11 bits per heavy atom. The third-order valence-corrected chi connectivity index (χ3v) is 3.15. The Labute approximate surface area is 118 Å². The first-order chi connectivity index (χ1) is 8.69. The third-order valence-electron chi connectivity index (χ3n) is 2.34. The molecule has 1 aromatic carbocycles. The molecule has 0 bridgehead atoms. The van der Waals surface area contributed by atoms with E-state index in [4.69, 9.17) is 16.3 Å². The summed E-state index contributed by atoms with van der Waals surface area (Å²) in [5.74, 6) is 0.267. The Balaban J connectivity index is 2.04. The molecule has 0 spiro atoms. The Kier molecular flexibility index (Phi) is 4.55. The first-order valence-electron chi connectivity index (χ1n) is 5.26. The minimum absolute atomic E-state index is 0.127. The second-order valence-electron chi connectivity index (χ2n) is 3.64. The summed E-state index contributed by atoms with van der Waals surface area (Å²) in [6, 6.07) is 8.03. The Hall–Kier alpha value is -1.13. The minimum Gasteiger partial charge on any atom is -0.487 e. The topological polar surface area (TPSA) is 22.1 Å². The van der Waals surface area contributed by atoms with Gasteiger partial charge in [0.2, 0.25) is 0 Å². The van der Waals surface area contributed by atoms with Gasteiger partial charge in [-0.05, 0) is 30.3 Å². The summed E-state index contributed by atoms with van der Waals surface area (Å²) in [6.07, 6.45) is 1.61. The van der Waals surface area contributed by atoms with Crippen LogP contribution in [0.4, 0.5) is 4.39 Å². The van der Waals surface area contributed by atoms with Crippen LogP contribution in [-0.2, 0) is 11.9 Å². The van der Waals surface area contributed by atoms with E-state index in [-0.39, 0.29) is 12.4 Å². The summed E-state index contributed by atoms with van der Waals surface area (Å²) in [7, 11) is 0. The summed E-state index contributed by atoms with van der Waals surface area (Å²) < 4.78 is 18.9. The monoisotopic (exact) mass is 329 g/mol. The van der Waals surface area contributed by atoms with Gasteiger partial charge in [-0.2, -0.15) is 0 Å². The number of halogens is 3. The average Bonchev–Trinajstić information content (AvgIpc) is 2.40. The van der Waals surface area contributed by atoms with Crippen LogP contribution in [0.25, 0.3) is 0 Å². The largest absolute Gasteiger partial charge is 0.487 e. The summed E-state index contributed by atoms with van der Waals surface area (Å²) >= 11 is 9.11. The van der Waals surface area contributed by atoms with Crippen LogP contribution in [0.15, 0.2) is 36.5 Å². The van der Waals surface area contributed by atoms with Crippen molar-refractivity contribution in [3.63, 3.8) is 0 Å². The van der Waals surface area contributed by atoms with Crippen LogP contribution >= 0.6 is 27.5 Å². The molecular weight excluding hydrogens is 321 g/mol. The van der Waals surface area contributed by atoms with Gasteiger partial charge in [0.05, 0.1) is 11.9 Å². The lowest BCUT2D eigenvalue weighted by molar-refractivity contribution is 0.298. The van der Waals surface area contributed by atoms with Gasteiger partial charge in [-0.25, -0.2) is 4.39 Å². The van der Waals surface area contributed by atoms with Gasteiger partial charge in [-0.15, -0.1) is 0 Å². The molecule has 0 aliphatic carbocycles. The van der Waals surface area contributed by atoms with Gasteiger partial charge < -0.3 is 4.74 Å². The summed E-state index contributed by atoms with van der Waals surface area (Å²) in [5, 5.41) is 1.18. The number of pyridine rings is 1. The fraction of sp³-hybridized carbons (Fsp3) is 0.154. The van der Waals surface area contributed by atoms with Gasteiger partial charge in [0.25, 0.3) is 0 Å². The molecule has 0 radical (unpaired) electrons. The zero-order valence-corrected chi connectivity index (χ0v) is 11.7. The fourth-order valence-corrected chi connectivity index (χ4v) is 1.92. The molecule has 5 heteroatoms. The van der Waals surface area contributed by atoms with E-state index in [1.54, 1.807) is 18.3 Å². The highest BCUT2D eigenvalue weighted by Crippen LogP contribution is 2.18. The van der Waals surface area contributed by atoms with Crippen molar-refractivity contribution >= 4 is 27.5 Å². The molecule has 0 saturated carbocycles. The van der Waals surface area contributed by atoms with E-state index >= 15 is 0 Å². The van der Waals surface area contributed by atoms with Crippen molar-refractivity contribution < 1.29 is 9.13 Å². The zero-order valence-electron chi connectivity index (χ0n) is 9.37. The summed E-state index contributed by atoms with van der Waals surface area (Å²) in [5.41, 5.74) is 1.34. The number of ether oxygens (including phenoxy) is 1. The van der Waals surface area contributed by atoms with Crippen molar-refractivity contribution in [3.8, 4) is 5.75 Å². The fourth-order valence-electron chi connectivity index (χ4n) is 1.39. The minimum atomic E-state index is -0.329. The number of aromatic nitrogens is 1. The molecule has 18 heavy (non-hydrogen) atoms. The van der Waals surface area contributed by atoms with Crippen molar-refractivity contribution in [1.82, 2.24) is 4.98 Å². The third kappa shape index (κ3) is 3.43. The van der Waals surface area contributed by atoms with Gasteiger partial charge >= 0.3 is 0 Å². The molecule has 0 fully saturated rings. The number of alkyl halides is 1. The SMILES string of the molecule is Fc1ccc(Cl)cc1COc1ccc(CBr)nc1. The molecule has 0 atom stereocenters. The molecule has 0 aliphatic rings. The highest BCUT2D eigenvalue weighted by molar-refractivity contribution is 9.08. The van der Waals surface area contributed by atoms with Crippen LogP contribution in [0.2, 0.25) is 5.02 Å². The van der Waals surface area contributed by atoms with Crippen molar-refractivity contribution in [2.75, 3.05) is 0 Å². The van der Waals surface area contributed by atoms with Gasteiger partial charge in [0.1, 0.15) is 18.2 Å². The Bertz CT molecular complexity index is 533. The second kappa shape index (κ2) is 6.16. The maximum atomic E-state index is 13.4. The molecule has 1 heterocycles. The molecule has 2 aromatic rings. The Morgan fingerprint density at radius 3 is 2.78 bits per heavy atom. The maximum absolute atomic E-state index is 13.4. The van der Waals surface area contributed by atoms with Crippen LogP contribution in [0.1, 0.15) is 11.3 Å². The molecule has 0 saturated heterocycles. The number of nitrogens with zero attached hydrogens (tertiary/aromatic N) is 1. The molecule has 94 valence electrons. The molecule has 0 amide bonds. The number of rotatable bonds is 4. The highest BCUT2D eigenvalue weighted by Gasteiger charge is 2.04. The molecule has 2 rings (SSSR count). The van der Waals surface area contributed by atoms with Crippen LogP contribution in [0.5, 0.6) is 5.75 Å². The molecule has 0 N–H and O–H groups in total. The molecule has 0 aliphatic heterocycles. The maximum Gasteiger partial charge on any atom is 0.138 e. The van der Waals surface area contributed by atoms with Crippen LogP contribution in [0, 0.1) is 5.82 Å². The van der Waals surface area contributed by atoms with Crippen LogP contribution in [-0.4, -0.2) is 4.98 Å². The number of hydrogen-bond donors (Lipinski definition) is 0. The van der Waals surface area contributed by atoms with Gasteiger partial charge in [-0.1, -0.05) is 27.5 Å². The molecule has 1 aromatic heterocycles. The molecular formula is C13H10BrClFNO. The van der Waals surface area contributed by atoms with Gasteiger partial charge in [-0.3, -0.25) is 4.98 Å². The van der Waals surface area contributed by atoms with Crippen molar-refractivity contribution in [3.05, 3.63) is 58.6 Å². The number of benzene rings is 1. The molecule has 0 unspecified atom stereocenters. The molecule has 2 nitrogen and oxygen atoms in total. The van der Waals surface area contributed by atoms with Crippen molar-refractivity contribution in [2.24, 2.45) is 0 Å². The lowest BCUT2D eigenvalue weighted by Gasteiger charge is -2.07. The predicted octanol–water partition coefficient (Wildman–Crippen LogP) is 4.35. The quantitative estimate of drug-likeness (QED) is 0.778. The number of hydrogen-bond acceptors (Lipinski definition) is 2. The lowest BCUT2D eigenvalue weighted by Crippen LogP contribution is -1.99. The normalized spacial score (nSPS) is 10.4. The first-order valence-corrected chi connectivity index (χ1v) is 6.76. The van der Waals surface area contributed by atoms with E-state index in [1.165, 1.54) is 12.1 Å². The summed E-state index contributed by atoms with van der Waals surface area (Å²) in [6.45, 7) is 0.127. The van der Waals surface area contributed by atoms with Crippen LogP contribution < -0.4 is 4.74 Å². The highest BCUT2D eigenvalue weighted by atomic mass is 79.9. The van der Waals surface area contributed by atoms with Gasteiger partial charge in [0.15, 0.2) is 0 Å². The Morgan fingerprint density at radius 1 is 1.28 bits per heavy atom. The lowest BCUT2D eigenvalue weighted by atomic mass is 10.2. The summed E-state index contributed by atoms with van der Waals surface area (Å²) in [4.78, 5) is 4.16. The van der Waals surface area contributed by atoms with E-state index in [0.29, 0.717) is 21.7 Å². The standard InChI is InChI=1S/C13H10BrClFNO/c14-6-11-2-3-12(7-17-11)18-8-9-5-10(15)1-4-13(9)16/h1-5,7H,6,8H2.